The SMILES string of the molecule is CCOC1(OCC)[NH+]=C(N)[C@@]2(C#N)[C@@H](CC)[C@@]12C#N. The van der Waals surface area contributed by atoms with Crippen molar-refractivity contribution in [2.24, 2.45) is 22.5 Å². The highest BCUT2D eigenvalue weighted by Gasteiger charge is 2.96. The maximum atomic E-state index is 9.70. The number of fused-ring (bicyclic) bond motifs is 1. The summed E-state index contributed by atoms with van der Waals surface area (Å²) >= 11 is 0. The fourth-order valence-corrected chi connectivity index (χ4v) is 3.64. The van der Waals surface area contributed by atoms with Gasteiger partial charge in [-0.2, -0.15) is 10.5 Å². The van der Waals surface area contributed by atoms with Crippen LogP contribution in [0.2, 0.25) is 0 Å². The zero-order valence-corrected chi connectivity index (χ0v) is 11.5. The van der Waals surface area contributed by atoms with Crippen LogP contribution in [0.5, 0.6) is 0 Å². The number of amidine groups is 1. The van der Waals surface area contributed by atoms with Crippen molar-refractivity contribution in [2.45, 2.75) is 33.1 Å². The molecule has 19 heavy (non-hydrogen) atoms. The van der Waals surface area contributed by atoms with E-state index in [9.17, 15) is 10.5 Å². The zero-order chi connectivity index (χ0) is 14.3. The highest BCUT2D eigenvalue weighted by atomic mass is 16.7. The second-order valence-corrected chi connectivity index (χ2v) is 4.82. The predicted molar refractivity (Wildman–Crippen MR) is 66.0 cm³/mol. The molecule has 0 amide bonds. The molecule has 3 N–H and O–H groups in total. The number of hydrogen-bond acceptors (Lipinski definition) is 5. The standard InChI is InChI=1S/C13H18N4O2/c1-4-9-11(7-14)10(16)17-13(18-5-2,19-6-3)12(9,11)8-15/h9H,4-6H2,1-3H3,(H2,16,17)/p+1/t9-,11-,12-/m1/s1. The second-order valence-electron chi connectivity index (χ2n) is 4.82. The molecule has 0 bridgehead atoms. The molecule has 0 aromatic heterocycles. The van der Waals surface area contributed by atoms with Crippen molar-refractivity contribution in [1.82, 2.24) is 0 Å². The van der Waals surface area contributed by atoms with Gasteiger partial charge >= 0.3 is 5.91 Å². The lowest BCUT2D eigenvalue weighted by molar-refractivity contribution is -0.693. The van der Waals surface area contributed by atoms with E-state index in [0.717, 1.165) is 0 Å². The molecule has 2 aliphatic rings. The van der Waals surface area contributed by atoms with Crippen LogP contribution >= 0.6 is 0 Å². The molecular weight excluding hydrogens is 244 g/mol. The largest absolute Gasteiger partial charge is 0.342 e. The number of ether oxygens (including phenoxy) is 2. The summed E-state index contributed by atoms with van der Waals surface area (Å²) in [6, 6.07) is 4.48. The number of nitriles is 2. The van der Waals surface area contributed by atoms with Crippen molar-refractivity contribution < 1.29 is 14.5 Å². The fourth-order valence-electron chi connectivity index (χ4n) is 3.64. The van der Waals surface area contributed by atoms with Crippen LogP contribution in [-0.4, -0.2) is 25.0 Å². The topological polar surface area (TPSA) is 106 Å². The summed E-state index contributed by atoms with van der Waals surface area (Å²) in [5.74, 6) is -1.20. The van der Waals surface area contributed by atoms with E-state index in [2.05, 4.69) is 17.1 Å². The third kappa shape index (κ3) is 1.19. The maximum absolute atomic E-state index is 9.70. The molecule has 1 fully saturated rings. The van der Waals surface area contributed by atoms with Crippen molar-refractivity contribution in [3.63, 3.8) is 0 Å². The van der Waals surface area contributed by atoms with Gasteiger partial charge in [-0.25, -0.2) is 4.99 Å². The van der Waals surface area contributed by atoms with E-state index < -0.39 is 16.7 Å². The normalized spacial score (nSPS) is 37.9. The Morgan fingerprint density at radius 2 is 1.79 bits per heavy atom. The van der Waals surface area contributed by atoms with E-state index in [0.29, 0.717) is 19.6 Å². The minimum atomic E-state index is -1.31. The van der Waals surface area contributed by atoms with E-state index >= 15 is 0 Å². The Bertz CT molecular complexity index is 498. The Labute approximate surface area is 112 Å². The smallest absolute Gasteiger partial charge is 0.314 e. The lowest BCUT2D eigenvalue weighted by Crippen LogP contribution is -2.91. The molecule has 1 saturated carbocycles. The van der Waals surface area contributed by atoms with E-state index in [1.165, 1.54) is 0 Å². The monoisotopic (exact) mass is 263 g/mol. The van der Waals surface area contributed by atoms with Crippen LogP contribution in [0.4, 0.5) is 0 Å². The van der Waals surface area contributed by atoms with Crippen molar-refractivity contribution in [3.05, 3.63) is 0 Å². The van der Waals surface area contributed by atoms with Gasteiger partial charge in [-0.3, -0.25) is 5.73 Å². The molecule has 6 nitrogen and oxygen atoms in total. The summed E-state index contributed by atoms with van der Waals surface area (Å²) in [6.45, 7) is 6.30. The molecule has 1 heterocycles. The van der Waals surface area contributed by atoms with E-state index in [1.54, 1.807) is 0 Å². The first-order valence-corrected chi connectivity index (χ1v) is 6.58. The quantitative estimate of drug-likeness (QED) is 0.633. The van der Waals surface area contributed by atoms with Crippen molar-refractivity contribution in [1.29, 1.82) is 10.5 Å². The lowest BCUT2D eigenvalue weighted by atomic mass is 9.93. The Balaban J connectivity index is 2.60. The molecule has 0 aromatic rings. The second kappa shape index (κ2) is 4.19. The van der Waals surface area contributed by atoms with Gasteiger partial charge in [0.05, 0.1) is 25.4 Å². The third-order valence-electron chi connectivity index (χ3n) is 4.28. The van der Waals surface area contributed by atoms with E-state index in [1.807, 2.05) is 20.8 Å². The Morgan fingerprint density at radius 3 is 2.11 bits per heavy atom. The number of nitrogens with zero attached hydrogens (tertiary/aromatic N) is 2. The summed E-state index contributed by atoms with van der Waals surface area (Å²) in [5, 5.41) is 19.3. The van der Waals surface area contributed by atoms with Gasteiger partial charge in [-0.1, -0.05) is 6.92 Å². The minimum Gasteiger partial charge on any atom is -0.314 e. The summed E-state index contributed by atoms with van der Waals surface area (Å²) in [5.41, 5.74) is 3.92. The summed E-state index contributed by atoms with van der Waals surface area (Å²) in [4.78, 5) is 2.92. The van der Waals surface area contributed by atoms with Crippen LogP contribution in [0.3, 0.4) is 0 Å². The van der Waals surface area contributed by atoms with Gasteiger partial charge in [-0.15, -0.1) is 0 Å². The Hall–Kier alpha value is -1.63. The van der Waals surface area contributed by atoms with Crippen molar-refractivity contribution in [3.8, 4) is 12.1 Å². The maximum Gasteiger partial charge on any atom is 0.342 e. The summed E-state index contributed by atoms with van der Waals surface area (Å²) < 4.78 is 11.4. The predicted octanol–water partition coefficient (Wildman–Crippen LogP) is -0.776. The zero-order valence-electron chi connectivity index (χ0n) is 11.5. The van der Waals surface area contributed by atoms with Gasteiger partial charge in [-0.05, 0) is 20.3 Å². The van der Waals surface area contributed by atoms with Crippen LogP contribution in [0, 0.1) is 39.4 Å². The highest BCUT2D eigenvalue weighted by molar-refractivity contribution is 5.93. The van der Waals surface area contributed by atoms with Crippen LogP contribution in [0.15, 0.2) is 0 Å². The number of rotatable bonds is 5. The lowest BCUT2D eigenvalue weighted by Gasteiger charge is -2.29. The average Bonchev–Trinajstić information content (AvgIpc) is 2.96. The van der Waals surface area contributed by atoms with Gasteiger partial charge < -0.3 is 9.47 Å². The molecule has 1 aliphatic carbocycles. The molecule has 0 unspecified atom stereocenters. The Morgan fingerprint density at radius 1 is 1.21 bits per heavy atom. The number of hydrogen-bond donors (Lipinski definition) is 2. The van der Waals surface area contributed by atoms with Gasteiger partial charge in [0.15, 0.2) is 10.8 Å². The summed E-state index contributed by atoms with van der Waals surface area (Å²) in [7, 11) is 0. The molecular formula is C13H19N4O2+. The van der Waals surface area contributed by atoms with E-state index in [4.69, 9.17) is 15.2 Å². The highest BCUT2D eigenvalue weighted by Crippen LogP contribution is 2.75. The van der Waals surface area contributed by atoms with Gasteiger partial charge in [0.2, 0.25) is 0 Å². The van der Waals surface area contributed by atoms with E-state index in [-0.39, 0.29) is 11.8 Å². The molecule has 2 rings (SSSR count). The molecule has 1 aliphatic heterocycles. The first-order chi connectivity index (χ1) is 9.06. The number of nitrogens with two attached hydrogens (primary N) is 1. The van der Waals surface area contributed by atoms with Crippen LogP contribution in [0.1, 0.15) is 27.2 Å². The number of nitrogens with one attached hydrogen (secondary N) is 1. The first-order valence-electron chi connectivity index (χ1n) is 6.58. The third-order valence-corrected chi connectivity index (χ3v) is 4.28. The van der Waals surface area contributed by atoms with Crippen LogP contribution in [-0.2, 0) is 9.47 Å². The van der Waals surface area contributed by atoms with Crippen molar-refractivity contribution >= 4 is 5.84 Å². The fraction of sp³-hybridized carbons (Fsp3) is 0.769. The molecule has 0 saturated heterocycles. The first kappa shape index (κ1) is 13.8. The average molecular weight is 263 g/mol. The molecule has 6 heteroatoms. The van der Waals surface area contributed by atoms with Crippen molar-refractivity contribution in [2.75, 3.05) is 13.2 Å². The Kier molecular flexibility index (Phi) is 3.04. The molecule has 0 spiro atoms. The van der Waals surface area contributed by atoms with Crippen LogP contribution < -0.4 is 10.7 Å². The van der Waals surface area contributed by atoms with Gasteiger partial charge in [0.25, 0.3) is 5.84 Å². The molecule has 102 valence electrons. The molecule has 3 atom stereocenters. The molecule has 0 aromatic carbocycles. The molecule has 0 radical (unpaired) electrons. The van der Waals surface area contributed by atoms with Gasteiger partial charge in [0.1, 0.15) is 0 Å². The van der Waals surface area contributed by atoms with Gasteiger partial charge in [0, 0.05) is 5.92 Å². The summed E-state index contributed by atoms with van der Waals surface area (Å²) in [6.07, 6.45) is 0.672. The minimum absolute atomic E-state index is 0.172. The van der Waals surface area contributed by atoms with Crippen LogP contribution in [0.25, 0.3) is 0 Å².